The van der Waals surface area contributed by atoms with Crippen molar-refractivity contribution in [1.82, 2.24) is 10.5 Å². The van der Waals surface area contributed by atoms with E-state index in [4.69, 9.17) is 9.63 Å². The standard InChI is InChI=1S/C12H10BrFN2O3/c13-8-1-2-10(14)7(3-8)5-15-6-9-4-11(12(17)18)16-19-9/h1-4,15H,5-6H2,(H,17,18). The summed E-state index contributed by atoms with van der Waals surface area (Å²) in [4.78, 5) is 10.6. The molecule has 0 aliphatic rings. The van der Waals surface area contributed by atoms with Crippen molar-refractivity contribution in [3.05, 3.63) is 51.6 Å². The number of nitrogens with zero attached hydrogens (tertiary/aromatic N) is 1. The first-order valence-electron chi connectivity index (χ1n) is 5.40. The van der Waals surface area contributed by atoms with Crippen molar-refractivity contribution < 1.29 is 18.8 Å². The topological polar surface area (TPSA) is 75.4 Å². The third-order valence-electron chi connectivity index (χ3n) is 2.40. The van der Waals surface area contributed by atoms with E-state index in [1.165, 1.54) is 12.1 Å². The average molecular weight is 329 g/mol. The first-order valence-corrected chi connectivity index (χ1v) is 6.19. The number of rotatable bonds is 5. The monoisotopic (exact) mass is 328 g/mol. The quantitative estimate of drug-likeness (QED) is 0.882. The molecule has 2 rings (SSSR count). The molecule has 0 aliphatic carbocycles. The second-order valence-corrected chi connectivity index (χ2v) is 4.74. The Bertz CT molecular complexity index is 600. The van der Waals surface area contributed by atoms with Crippen LogP contribution in [0.25, 0.3) is 0 Å². The molecule has 1 heterocycles. The fourth-order valence-electron chi connectivity index (χ4n) is 1.50. The second-order valence-electron chi connectivity index (χ2n) is 3.82. The van der Waals surface area contributed by atoms with Crippen molar-refractivity contribution in [2.45, 2.75) is 13.1 Å². The summed E-state index contributed by atoms with van der Waals surface area (Å²) in [6.45, 7) is 0.570. The highest BCUT2D eigenvalue weighted by Crippen LogP contribution is 2.15. The molecule has 0 aliphatic heterocycles. The van der Waals surface area contributed by atoms with Gasteiger partial charge in [-0.05, 0) is 18.2 Å². The maximum absolute atomic E-state index is 13.4. The number of hydrogen-bond donors (Lipinski definition) is 2. The number of aromatic nitrogens is 1. The maximum atomic E-state index is 13.4. The number of carboxylic acid groups (broad SMARTS) is 1. The van der Waals surface area contributed by atoms with Crippen LogP contribution in [0.2, 0.25) is 0 Å². The van der Waals surface area contributed by atoms with Crippen LogP contribution in [0.5, 0.6) is 0 Å². The number of carboxylic acids is 1. The molecule has 0 atom stereocenters. The minimum absolute atomic E-state index is 0.148. The molecular weight excluding hydrogens is 319 g/mol. The van der Waals surface area contributed by atoms with Gasteiger partial charge in [0.25, 0.3) is 0 Å². The van der Waals surface area contributed by atoms with Gasteiger partial charge in [0.15, 0.2) is 11.5 Å². The highest BCUT2D eigenvalue weighted by atomic mass is 79.9. The molecule has 0 saturated carbocycles. The molecule has 0 fully saturated rings. The van der Waals surface area contributed by atoms with Crippen LogP contribution in [0.3, 0.4) is 0 Å². The van der Waals surface area contributed by atoms with Gasteiger partial charge < -0.3 is 14.9 Å². The molecule has 5 nitrogen and oxygen atoms in total. The third kappa shape index (κ3) is 3.62. The Labute approximate surface area is 116 Å². The lowest BCUT2D eigenvalue weighted by Crippen LogP contribution is -2.13. The molecule has 1 aromatic heterocycles. The molecule has 0 spiro atoms. The van der Waals surface area contributed by atoms with Crippen LogP contribution in [-0.4, -0.2) is 16.2 Å². The normalized spacial score (nSPS) is 10.6. The second kappa shape index (κ2) is 5.94. The fourth-order valence-corrected chi connectivity index (χ4v) is 1.90. The van der Waals surface area contributed by atoms with Crippen LogP contribution in [-0.2, 0) is 13.1 Å². The summed E-state index contributed by atoms with van der Waals surface area (Å²) in [5.74, 6) is -1.07. The molecule has 7 heteroatoms. The number of hydrogen-bond acceptors (Lipinski definition) is 4. The van der Waals surface area contributed by atoms with Gasteiger partial charge in [0.1, 0.15) is 5.82 Å². The van der Waals surface area contributed by atoms with E-state index in [9.17, 15) is 9.18 Å². The summed E-state index contributed by atoms with van der Waals surface area (Å²) in [5, 5.41) is 15.0. The first-order chi connectivity index (χ1) is 9.06. The third-order valence-corrected chi connectivity index (χ3v) is 2.89. The van der Waals surface area contributed by atoms with Crippen molar-refractivity contribution in [2.24, 2.45) is 0 Å². The zero-order chi connectivity index (χ0) is 13.8. The highest BCUT2D eigenvalue weighted by molar-refractivity contribution is 9.10. The van der Waals surface area contributed by atoms with Gasteiger partial charge in [-0.3, -0.25) is 0 Å². The predicted molar refractivity (Wildman–Crippen MR) is 68.1 cm³/mol. The van der Waals surface area contributed by atoms with Crippen LogP contribution in [0.4, 0.5) is 4.39 Å². The van der Waals surface area contributed by atoms with Crippen molar-refractivity contribution >= 4 is 21.9 Å². The van der Waals surface area contributed by atoms with Gasteiger partial charge >= 0.3 is 5.97 Å². The zero-order valence-corrected chi connectivity index (χ0v) is 11.3. The van der Waals surface area contributed by atoms with Crippen molar-refractivity contribution in [3.63, 3.8) is 0 Å². The van der Waals surface area contributed by atoms with Crippen molar-refractivity contribution in [2.75, 3.05) is 0 Å². The highest BCUT2D eigenvalue weighted by Gasteiger charge is 2.10. The lowest BCUT2D eigenvalue weighted by molar-refractivity contribution is 0.0685. The molecule has 19 heavy (non-hydrogen) atoms. The van der Waals surface area contributed by atoms with Crippen LogP contribution >= 0.6 is 15.9 Å². The van der Waals surface area contributed by atoms with Gasteiger partial charge in [0.2, 0.25) is 0 Å². The van der Waals surface area contributed by atoms with Gasteiger partial charge in [-0.1, -0.05) is 21.1 Å². The molecule has 0 amide bonds. The Hall–Kier alpha value is -1.73. The number of carbonyl (C=O) groups is 1. The predicted octanol–water partition coefficient (Wildman–Crippen LogP) is 2.56. The lowest BCUT2D eigenvalue weighted by Gasteiger charge is -2.04. The molecule has 100 valence electrons. The Morgan fingerprint density at radius 3 is 2.89 bits per heavy atom. The van der Waals surface area contributed by atoms with Gasteiger partial charge in [0.05, 0.1) is 6.54 Å². The van der Waals surface area contributed by atoms with E-state index in [1.54, 1.807) is 12.1 Å². The summed E-state index contributed by atoms with van der Waals surface area (Å²) in [7, 11) is 0. The van der Waals surface area contributed by atoms with E-state index in [0.29, 0.717) is 17.9 Å². The van der Waals surface area contributed by atoms with Gasteiger partial charge in [-0.2, -0.15) is 0 Å². The van der Waals surface area contributed by atoms with E-state index < -0.39 is 5.97 Å². The zero-order valence-electron chi connectivity index (χ0n) is 9.69. The number of benzene rings is 1. The molecule has 0 bridgehead atoms. The number of aromatic carboxylic acids is 1. The van der Waals surface area contributed by atoms with Crippen LogP contribution in [0.15, 0.2) is 33.3 Å². The van der Waals surface area contributed by atoms with Crippen LogP contribution in [0, 0.1) is 5.82 Å². The molecular formula is C12H10BrFN2O3. The van der Waals surface area contributed by atoms with E-state index in [0.717, 1.165) is 4.47 Å². The Morgan fingerprint density at radius 1 is 1.42 bits per heavy atom. The Kier molecular flexibility index (Phi) is 4.28. The van der Waals surface area contributed by atoms with Gasteiger partial charge in [-0.15, -0.1) is 0 Å². The summed E-state index contributed by atoms with van der Waals surface area (Å²) in [6.07, 6.45) is 0. The number of nitrogens with one attached hydrogen (secondary N) is 1. The van der Waals surface area contributed by atoms with E-state index in [2.05, 4.69) is 26.4 Å². The van der Waals surface area contributed by atoms with E-state index >= 15 is 0 Å². The summed E-state index contributed by atoms with van der Waals surface area (Å²) >= 11 is 3.26. The first kappa shape index (κ1) is 13.7. The molecule has 0 unspecified atom stereocenters. The largest absolute Gasteiger partial charge is 0.476 e. The molecule has 1 aromatic carbocycles. The number of halogens is 2. The van der Waals surface area contributed by atoms with E-state index in [1.807, 2.05) is 0 Å². The van der Waals surface area contributed by atoms with Gasteiger partial charge in [0, 0.05) is 22.6 Å². The minimum atomic E-state index is -1.15. The fraction of sp³-hybridized carbons (Fsp3) is 0.167. The van der Waals surface area contributed by atoms with Crippen molar-refractivity contribution in [3.8, 4) is 0 Å². The minimum Gasteiger partial charge on any atom is -0.476 e. The van der Waals surface area contributed by atoms with Gasteiger partial charge in [-0.25, -0.2) is 9.18 Å². The summed E-state index contributed by atoms with van der Waals surface area (Å²) < 4.78 is 19.0. The summed E-state index contributed by atoms with van der Waals surface area (Å²) in [5.41, 5.74) is 0.359. The van der Waals surface area contributed by atoms with Crippen molar-refractivity contribution in [1.29, 1.82) is 0 Å². The molecule has 2 aromatic rings. The average Bonchev–Trinajstić information content (AvgIpc) is 2.82. The summed E-state index contributed by atoms with van der Waals surface area (Å²) in [6, 6.07) is 5.99. The molecule has 0 radical (unpaired) electrons. The maximum Gasteiger partial charge on any atom is 0.358 e. The Morgan fingerprint density at radius 2 is 2.21 bits per heavy atom. The van der Waals surface area contributed by atoms with Crippen LogP contribution in [0.1, 0.15) is 21.8 Å². The smallest absolute Gasteiger partial charge is 0.358 e. The molecule has 2 N–H and O–H groups in total. The Balaban J connectivity index is 1.92. The van der Waals surface area contributed by atoms with Crippen LogP contribution < -0.4 is 5.32 Å². The lowest BCUT2D eigenvalue weighted by atomic mass is 10.2. The van der Waals surface area contributed by atoms with E-state index in [-0.39, 0.29) is 18.1 Å². The molecule has 0 saturated heterocycles. The SMILES string of the molecule is O=C(O)c1cc(CNCc2cc(Br)ccc2F)on1.